The fourth-order valence-electron chi connectivity index (χ4n) is 0.613. The van der Waals surface area contributed by atoms with E-state index >= 15 is 0 Å². The van der Waals surface area contributed by atoms with E-state index in [1.54, 1.807) is 18.3 Å². The van der Waals surface area contributed by atoms with E-state index in [1.807, 2.05) is 0 Å². The van der Waals surface area contributed by atoms with Crippen molar-refractivity contribution >= 4 is 23.4 Å². The van der Waals surface area contributed by atoms with Gasteiger partial charge in [-0.25, -0.2) is 0 Å². The number of hydrogen-bond acceptors (Lipinski definition) is 2. The fourth-order valence-corrected chi connectivity index (χ4v) is 0.865. The van der Waals surface area contributed by atoms with Crippen molar-refractivity contribution in [3.8, 4) is 0 Å². The number of rotatable bonds is 1. The molecule has 1 heterocycles. The van der Waals surface area contributed by atoms with Crippen LogP contribution in [0.2, 0.25) is 5.02 Å². The van der Waals surface area contributed by atoms with E-state index in [0.29, 0.717) is 16.4 Å². The number of hydrogen-bond donors (Lipinski definition) is 1. The summed E-state index contributed by atoms with van der Waals surface area (Å²) in [5, 5.41) is 0.537. The molecular formula is C7H7ClN2. The molecule has 0 aromatic carbocycles. The molecule has 0 aliphatic rings. The summed E-state index contributed by atoms with van der Waals surface area (Å²) in [4.78, 5) is 3.92. The second kappa shape index (κ2) is 2.71. The predicted octanol–water partition coefficient (Wildman–Crippen LogP) is 1.96. The third-order valence-corrected chi connectivity index (χ3v) is 1.39. The number of nitrogen functional groups attached to an aromatic ring is 1. The predicted molar refractivity (Wildman–Crippen MR) is 43.8 cm³/mol. The van der Waals surface area contributed by atoms with Gasteiger partial charge in [-0.05, 0) is 12.1 Å². The molecule has 0 unspecified atom stereocenters. The lowest BCUT2D eigenvalue weighted by Crippen LogP contribution is -1.88. The monoisotopic (exact) mass is 154 g/mol. The lowest BCUT2D eigenvalue weighted by Gasteiger charge is -1.96. The van der Waals surface area contributed by atoms with Gasteiger partial charge in [0.25, 0.3) is 0 Å². The van der Waals surface area contributed by atoms with E-state index in [1.165, 1.54) is 0 Å². The number of aromatic nitrogens is 1. The zero-order valence-corrected chi connectivity index (χ0v) is 6.10. The van der Waals surface area contributed by atoms with E-state index in [4.69, 9.17) is 17.3 Å². The Labute approximate surface area is 64.3 Å². The van der Waals surface area contributed by atoms with Crippen LogP contribution in [-0.2, 0) is 0 Å². The normalized spacial score (nSPS) is 9.30. The lowest BCUT2D eigenvalue weighted by molar-refractivity contribution is 1.30. The van der Waals surface area contributed by atoms with Crippen LogP contribution in [-0.4, -0.2) is 4.98 Å². The molecule has 0 aliphatic carbocycles. The van der Waals surface area contributed by atoms with E-state index < -0.39 is 0 Å². The second-order valence-electron chi connectivity index (χ2n) is 1.84. The molecule has 0 bridgehead atoms. The molecule has 0 radical (unpaired) electrons. The molecule has 0 spiro atoms. The lowest BCUT2D eigenvalue weighted by atomic mass is 10.3. The minimum absolute atomic E-state index is 0.537. The van der Waals surface area contributed by atoms with Crippen LogP contribution >= 0.6 is 11.6 Å². The molecule has 0 aliphatic heterocycles. The molecule has 0 atom stereocenters. The van der Waals surface area contributed by atoms with Gasteiger partial charge in [0.1, 0.15) is 0 Å². The van der Waals surface area contributed by atoms with Crippen molar-refractivity contribution in [3.63, 3.8) is 0 Å². The number of nitrogens with two attached hydrogens (primary N) is 1. The molecule has 0 fully saturated rings. The summed E-state index contributed by atoms with van der Waals surface area (Å²) < 4.78 is 0. The first-order chi connectivity index (χ1) is 4.74. The van der Waals surface area contributed by atoms with E-state index in [2.05, 4.69) is 11.6 Å². The first kappa shape index (κ1) is 7.09. The quantitative estimate of drug-likeness (QED) is 0.672. The van der Waals surface area contributed by atoms with Gasteiger partial charge in [-0.1, -0.05) is 18.2 Å². The van der Waals surface area contributed by atoms with E-state index in [-0.39, 0.29) is 0 Å². The van der Waals surface area contributed by atoms with Crippen LogP contribution in [0.4, 0.5) is 5.69 Å². The molecule has 1 aromatic heterocycles. The summed E-state index contributed by atoms with van der Waals surface area (Å²) in [6.45, 7) is 3.53. The number of nitrogens with zero attached hydrogens (tertiary/aromatic N) is 1. The van der Waals surface area contributed by atoms with Crippen molar-refractivity contribution in [2.24, 2.45) is 0 Å². The highest BCUT2D eigenvalue weighted by Crippen LogP contribution is 2.16. The molecular weight excluding hydrogens is 148 g/mol. The van der Waals surface area contributed by atoms with Gasteiger partial charge in [0.05, 0.1) is 22.6 Å². The molecule has 10 heavy (non-hydrogen) atoms. The molecule has 1 rings (SSSR count). The molecule has 1 aromatic rings. The number of pyridine rings is 1. The molecule has 0 saturated heterocycles. The zero-order valence-electron chi connectivity index (χ0n) is 5.34. The van der Waals surface area contributed by atoms with Gasteiger partial charge in [0.2, 0.25) is 0 Å². The van der Waals surface area contributed by atoms with Crippen molar-refractivity contribution in [3.05, 3.63) is 29.6 Å². The van der Waals surface area contributed by atoms with Gasteiger partial charge in [0.15, 0.2) is 0 Å². The van der Waals surface area contributed by atoms with Crippen molar-refractivity contribution in [1.29, 1.82) is 0 Å². The average molecular weight is 155 g/mol. The first-order valence-electron chi connectivity index (χ1n) is 2.77. The highest BCUT2D eigenvalue weighted by atomic mass is 35.5. The van der Waals surface area contributed by atoms with Crippen LogP contribution in [0, 0.1) is 0 Å². The summed E-state index contributed by atoms with van der Waals surface area (Å²) in [6, 6.07) is 1.64. The standard InChI is InChI=1S/C7H7ClN2/c1-2-7-6(8)3-5(9)4-10-7/h2-4H,1,9H2. The van der Waals surface area contributed by atoms with Crippen molar-refractivity contribution in [2.75, 3.05) is 5.73 Å². The van der Waals surface area contributed by atoms with Crippen LogP contribution in [0.15, 0.2) is 18.8 Å². The summed E-state index contributed by atoms with van der Waals surface area (Å²) in [7, 11) is 0. The summed E-state index contributed by atoms with van der Waals surface area (Å²) in [6.07, 6.45) is 3.13. The van der Waals surface area contributed by atoms with Crippen LogP contribution in [0.1, 0.15) is 5.69 Å². The van der Waals surface area contributed by atoms with E-state index in [9.17, 15) is 0 Å². The first-order valence-corrected chi connectivity index (χ1v) is 3.15. The fraction of sp³-hybridized carbons (Fsp3) is 0. The molecule has 0 saturated carbocycles. The molecule has 2 N–H and O–H groups in total. The van der Waals surface area contributed by atoms with Gasteiger partial charge in [-0.3, -0.25) is 4.98 Å². The summed E-state index contributed by atoms with van der Waals surface area (Å²) >= 11 is 5.72. The van der Waals surface area contributed by atoms with Crippen molar-refractivity contribution < 1.29 is 0 Å². The van der Waals surface area contributed by atoms with Crippen molar-refractivity contribution in [2.45, 2.75) is 0 Å². The smallest absolute Gasteiger partial charge is 0.0811 e. The maximum Gasteiger partial charge on any atom is 0.0811 e. The zero-order chi connectivity index (χ0) is 7.56. The Morgan fingerprint density at radius 3 is 2.90 bits per heavy atom. The maximum atomic E-state index is 5.72. The van der Waals surface area contributed by atoms with Crippen molar-refractivity contribution in [1.82, 2.24) is 4.98 Å². The highest BCUT2D eigenvalue weighted by Gasteiger charge is 1.95. The number of halogens is 1. The molecule has 3 heteroatoms. The Morgan fingerprint density at radius 2 is 2.40 bits per heavy atom. The third-order valence-electron chi connectivity index (χ3n) is 1.08. The Hall–Kier alpha value is -1.02. The highest BCUT2D eigenvalue weighted by molar-refractivity contribution is 6.32. The Kier molecular flexibility index (Phi) is 1.92. The van der Waals surface area contributed by atoms with Gasteiger partial charge >= 0.3 is 0 Å². The molecule has 0 amide bonds. The second-order valence-corrected chi connectivity index (χ2v) is 2.25. The Bertz CT molecular complexity index is 258. The average Bonchev–Trinajstić information content (AvgIpc) is 1.88. The molecule has 2 nitrogen and oxygen atoms in total. The van der Waals surface area contributed by atoms with Crippen LogP contribution in [0.25, 0.3) is 6.08 Å². The van der Waals surface area contributed by atoms with Gasteiger partial charge in [-0.2, -0.15) is 0 Å². The van der Waals surface area contributed by atoms with Gasteiger partial charge < -0.3 is 5.73 Å². The minimum Gasteiger partial charge on any atom is -0.397 e. The molecule has 52 valence electrons. The van der Waals surface area contributed by atoms with Crippen LogP contribution in [0.5, 0.6) is 0 Å². The van der Waals surface area contributed by atoms with E-state index in [0.717, 1.165) is 0 Å². The summed E-state index contributed by atoms with van der Waals surface area (Å²) in [5.74, 6) is 0. The summed E-state index contributed by atoms with van der Waals surface area (Å²) in [5.41, 5.74) is 6.63. The largest absolute Gasteiger partial charge is 0.397 e. The Morgan fingerprint density at radius 1 is 1.70 bits per heavy atom. The minimum atomic E-state index is 0.537. The van der Waals surface area contributed by atoms with Gasteiger partial charge in [0, 0.05) is 0 Å². The van der Waals surface area contributed by atoms with Crippen LogP contribution < -0.4 is 5.73 Å². The Balaban J connectivity index is 3.19. The SMILES string of the molecule is C=Cc1ncc(N)cc1Cl. The van der Waals surface area contributed by atoms with Crippen LogP contribution in [0.3, 0.4) is 0 Å². The maximum absolute atomic E-state index is 5.72. The topological polar surface area (TPSA) is 38.9 Å². The third kappa shape index (κ3) is 1.28. The van der Waals surface area contributed by atoms with Gasteiger partial charge in [-0.15, -0.1) is 0 Å². The number of anilines is 1.